The number of aliphatic carboxylic acids is 1. The Balaban J connectivity index is 2.81. The predicted octanol–water partition coefficient (Wildman–Crippen LogP) is -5.22. The number of rotatable bonds is 4. The van der Waals surface area contributed by atoms with Gasteiger partial charge in [-0.05, 0) is 0 Å². The molecule has 0 aliphatic carbocycles. The van der Waals surface area contributed by atoms with Crippen molar-refractivity contribution in [3.05, 3.63) is 0 Å². The zero-order valence-electron chi connectivity index (χ0n) is 8.79. The molecule has 0 bridgehead atoms. The smallest absolute Gasteiger partial charge is 0.219 e. The minimum atomic E-state index is -5.46. The number of aliphatic hydroxyl groups excluding tert-OH is 2. The third-order valence-electron chi connectivity index (χ3n) is 2.32. The maximum absolute atomic E-state index is 10.5. The number of carbonyl (C=O) groups is 1. The van der Waals surface area contributed by atoms with Crippen LogP contribution in [0.5, 0.6) is 0 Å². The average molecular weight is 285 g/mol. The van der Waals surface area contributed by atoms with Crippen LogP contribution in [0.1, 0.15) is 6.42 Å². The van der Waals surface area contributed by atoms with Crippen LogP contribution >= 0.6 is 7.82 Å². The summed E-state index contributed by atoms with van der Waals surface area (Å²) in [6.07, 6.45) is -6.11. The van der Waals surface area contributed by atoms with Crippen LogP contribution in [-0.2, 0) is 18.6 Å². The van der Waals surface area contributed by atoms with Gasteiger partial charge in [-0.25, -0.2) is 0 Å². The second kappa shape index (κ2) is 5.19. The molecule has 0 aromatic carbocycles. The van der Waals surface area contributed by atoms with Crippen LogP contribution in [0.15, 0.2) is 0 Å². The number of phosphoric acid groups is 1. The minimum absolute atomic E-state index is 0.571. The van der Waals surface area contributed by atoms with Crippen molar-refractivity contribution in [3.8, 4) is 0 Å². The molecule has 1 fully saturated rings. The maximum atomic E-state index is 10.5. The van der Waals surface area contributed by atoms with E-state index in [1.807, 2.05) is 0 Å². The van der Waals surface area contributed by atoms with Crippen LogP contribution < -0.4 is 14.9 Å². The van der Waals surface area contributed by atoms with Gasteiger partial charge in [0.2, 0.25) is 5.79 Å². The Morgan fingerprint density at radius 3 is 2.50 bits per heavy atom. The zero-order valence-corrected chi connectivity index (χ0v) is 9.69. The van der Waals surface area contributed by atoms with E-state index in [2.05, 4.69) is 9.26 Å². The van der Waals surface area contributed by atoms with Crippen molar-refractivity contribution in [3.63, 3.8) is 0 Å². The molecule has 4 atom stereocenters. The third kappa shape index (κ3) is 3.70. The van der Waals surface area contributed by atoms with E-state index in [0.717, 1.165) is 0 Å². The van der Waals surface area contributed by atoms with Crippen LogP contribution in [0.2, 0.25) is 0 Å². The second-order valence-electron chi connectivity index (χ2n) is 3.74. The van der Waals surface area contributed by atoms with E-state index < -0.39 is 50.9 Å². The number of carboxylic acids is 1. The number of hydrogen-bond acceptors (Lipinski definition) is 10. The van der Waals surface area contributed by atoms with Gasteiger partial charge in [0, 0.05) is 6.42 Å². The molecule has 0 saturated carbocycles. The summed E-state index contributed by atoms with van der Waals surface area (Å²) < 4.78 is 18.4. The number of hydrogen-bond donors (Lipinski definition) is 3. The SMILES string of the molecule is O=C([O-])C1C[C@@H](O)[C@H](O)[C@](O)(COP(=O)([O-])[O-])O1. The first-order valence-corrected chi connectivity index (χ1v) is 6.15. The van der Waals surface area contributed by atoms with E-state index in [0.29, 0.717) is 0 Å². The third-order valence-corrected chi connectivity index (χ3v) is 2.77. The Hall–Kier alpha value is -0.580. The van der Waals surface area contributed by atoms with E-state index in [1.54, 1.807) is 0 Å². The van der Waals surface area contributed by atoms with Crippen molar-refractivity contribution in [2.75, 3.05) is 6.61 Å². The van der Waals surface area contributed by atoms with Gasteiger partial charge in [-0.15, -0.1) is 0 Å². The fraction of sp³-hybridized carbons (Fsp3) is 0.857. The number of carbonyl (C=O) groups excluding carboxylic acids is 1. The van der Waals surface area contributed by atoms with Gasteiger partial charge in [0.25, 0.3) is 0 Å². The maximum Gasteiger partial charge on any atom is 0.219 e. The summed E-state index contributed by atoms with van der Waals surface area (Å²) in [6.45, 7) is -1.35. The van der Waals surface area contributed by atoms with E-state index in [9.17, 15) is 39.6 Å². The van der Waals surface area contributed by atoms with E-state index in [1.165, 1.54) is 0 Å². The molecular formula is C7H10O10P-3. The Bertz CT molecular complexity index is 365. The summed E-state index contributed by atoms with van der Waals surface area (Å²) in [5, 5.41) is 38.9. The first kappa shape index (κ1) is 15.5. The number of aliphatic hydroxyl groups is 3. The lowest BCUT2D eigenvalue weighted by molar-refractivity contribution is -0.375. The summed E-state index contributed by atoms with van der Waals surface area (Å²) in [6, 6.07) is 0. The lowest BCUT2D eigenvalue weighted by Gasteiger charge is -2.44. The molecule has 0 radical (unpaired) electrons. The summed E-state index contributed by atoms with van der Waals surface area (Å²) >= 11 is 0. The van der Waals surface area contributed by atoms with Crippen molar-refractivity contribution < 1.29 is 48.8 Å². The van der Waals surface area contributed by atoms with E-state index >= 15 is 0 Å². The van der Waals surface area contributed by atoms with Crippen molar-refractivity contribution >= 4 is 13.8 Å². The highest BCUT2D eigenvalue weighted by Crippen LogP contribution is 2.33. The molecule has 3 N–H and O–H groups in total. The van der Waals surface area contributed by atoms with E-state index in [-0.39, 0.29) is 0 Å². The van der Waals surface area contributed by atoms with Gasteiger partial charge in [0.05, 0.1) is 19.9 Å². The number of phosphoric ester groups is 1. The van der Waals surface area contributed by atoms with Gasteiger partial charge in [0.1, 0.15) is 18.8 Å². The molecule has 0 amide bonds. The first-order chi connectivity index (χ1) is 8.05. The molecule has 0 spiro atoms. The van der Waals surface area contributed by atoms with Crippen molar-refractivity contribution in [1.82, 2.24) is 0 Å². The quantitative estimate of drug-likeness (QED) is 0.422. The van der Waals surface area contributed by atoms with E-state index in [4.69, 9.17) is 0 Å². The molecule has 18 heavy (non-hydrogen) atoms. The lowest BCUT2D eigenvalue weighted by Crippen LogP contribution is -2.63. The first-order valence-electron chi connectivity index (χ1n) is 4.69. The summed E-state index contributed by atoms with van der Waals surface area (Å²) in [7, 11) is -5.46. The fourth-order valence-corrected chi connectivity index (χ4v) is 1.79. The molecule has 1 aliphatic rings. The van der Waals surface area contributed by atoms with Gasteiger partial charge in [-0.1, -0.05) is 0 Å². The average Bonchev–Trinajstić information content (AvgIpc) is 2.22. The van der Waals surface area contributed by atoms with Crippen molar-refractivity contribution in [2.24, 2.45) is 0 Å². The van der Waals surface area contributed by atoms with Gasteiger partial charge < -0.3 is 48.8 Å². The number of ether oxygens (including phenoxy) is 1. The van der Waals surface area contributed by atoms with Crippen molar-refractivity contribution in [1.29, 1.82) is 0 Å². The molecule has 10 nitrogen and oxygen atoms in total. The fourth-order valence-electron chi connectivity index (χ4n) is 1.45. The Kier molecular flexibility index (Phi) is 4.47. The van der Waals surface area contributed by atoms with Gasteiger partial charge in [-0.2, -0.15) is 0 Å². The van der Waals surface area contributed by atoms with Gasteiger partial charge in [-0.3, -0.25) is 0 Å². The molecule has 1 rings (SSSR count). The van der Waals surface area contributed by atoms with Crippen molar-refractivity contribution in [2.45, 2.75) is 30.5 Å². The summed E-state index contributed by atoms with van der Waals surface area (Å²) in [5.74, 6) is -4.63. The molecule has 0 aromatic rings. The highest BCUT2D eigenvalue weighted by atomic mass is 31.2. The largest absolute Gasteiger partial charge is 0.790 e. The van der Waals surface area contributed by atoms with Crippen LogP contribution in [-0.4, -0.2) is 52.0 Å². The Labute approximate surface area is 101 Å². The molecule has 1 unspecified atom stereocenters. The van der Waals surface area contributed by atoms with Crippen LogP contribution in [0.4, 0.5) is 0 Å². The minimum Gasteiger partial charge on any atom is -0.790 e. The lowest BCUT2D eigenvalue weighted by atomic mass is 9.95. The second-order valence-corrected chi connectivity index (χ2v) is 4.89. The van der Waals surface area contributed by atoms with Crippen LogP contribution in [0.25, 0.3) is 0 Å². The van der Waals surface area contributed by atoms with Crippen LogP contribution in [0, 0.1) is 0 Å². The molecule has 11 heteroatoms. The monoisotopic (exact) mass is 285 g/mol. The molecule has 1 aliphatic heterocycles. The normalized spacial score (nSPS) is 37.5. The molecule has 0 aromatic heterocycles. The molecule has 1 saturated heterocycles. The highest BCUT2D eigenvalue weighted by Gasteiger charge is 2.48. The summed E-state index contributed by atoms with van der Waals surface area (Å²) in [4.78, 5) is 31.0. The van der Waals surface area contributed by atoms with Gasteiger partial charge >= 0.3 is 0 Å². The molecular weight excluding hydrogens is 275 g/mol. The Morgan fingerprint density at radius 1 is 1.50 bits per heavy atom. The standard InChI is InChI=1S/C7H13O10P/c8-3-1-4(6(10)11)17-7(12,5(3)9)2-16-18(13,14)15/h3-5,8-9,12H,1-2H2,(H,10,11)(H2,13,14,15)/p-3/t3-,4?,5+,7+/m1/s1. The molecule has 106 valence electrons. The summed E-state index contributed by atoms with van der Waals surface area (Å²) in [5.41, 5.74) is 0. The number of carboxylic acid groups (broad SMARTS) is 1. The Morgan fingerprint density at radius 2 is 2.06 bits per heavy atom. The molecule has 1 heterocycles. The highest BCUT2D eigenvalue weighted by molar-refractivity contribution is 7.43. The predicted molar refractivity (Wildman–Crippen MR) is 45.0 cm³/mol. The van der Waals surface area contributed by atoms with Crippen LogP contribution in [0.3, 0.4) is 0 Å². The topological polar surface area (TPSA) is 182 Å². The zero-order chi connectivity index (χ0) is 14.1. The van der Waals surface area contributed by atoms with Gasteiger partial charge in [0.15, 0.2) is 0 Å².